The summed E-state index contributed by atoms with van der Waals surface area (Å²) in [5.74, 6) is 2.01. The SMILES string of the molecule is CCCNc1nc(C)nc(OCCO)c1C. The van der Waals surface area contributed by atoms with Crippen LogP contribution in [-0.4, -0.2) is 34.8 Å². The maximum absolute atomic E-state index is 8.71. The van der Waals surface area contributed by atoms with Crippen LogP contribution in [-0.2, 0) is 0 Å². The molecule has 0 aliphatic rings. The van der Waals surface area contributed by atoms with Gasteiger partial charge in [0.1, 0.15) is 18.2 Å². The first-order valence-corrected chi connectivity index (χ1v) is 5.51. The largest absolute Gasteiger partial charge is 0.475 e. The van der Waals surface area contributed by atoms with Gasteiger partial charge < -0.3 is 15.2 Å². The molecule has 0 saturated carbocycles. The van der Waals surface area contributed by atoms with E-state index in [0.717, 1.165) is 24.3 Å². The Hall–Kier alpha value is -1.36. The highest BCUT2D eigenvalue weighted by atomic mass is 16.5. The minimum atomic E-state index is -0.0137. The van der Waals surface area contributed by atoms with Crippen LogP contribution in [0.5, 0.6) is 5.88 Å². The highest BCUT2D eigenvalue weighted by molar-refractivity contribution is 5.48. The summed E-state index contributed by atoms with van der Waals surface area (Å²) in [7, 11) is 0. The highest BCUT2D eigenvalue weighted by Gasteiger charge is 2.09. The predicted octanol–water partition coefficient (Wildman–Crippen LogP) is 1.29. The molecule has 5 nitrogen and oxygen atoms in total. The van der Waals surface area contributed by atoms with Crippen LogP contribution < -0.4 is 10.1 Å². The van der Waals surface area contributed by atoms with Gasteiger partial charge in [-0.05, 0) is 20.3 Å². The maximum Gasteiger partial charge on any atom is 0.221 e. The number of nitrogens with one attached hydrogen (secondary N) is 1. The third-order valence-electron chi connectivity index (χ3n) is 2.09. The van der Waals surface area contributed by atoms with E-state index in [1.165, 1.54) is 0 Å². The van der Waals surface area contributed by atoms with Gasteiger partial charge in [0.05, 0.1) is 12.2 Å². The summed E-state index contributed by atoms with van der Waals surface area (Å²) < 4.78 is 5.35. The molecule has 0 amide bonds. The number of nitrogens with zero attached hydrogens (tertiary/aromatic N) is 2. The molecule has 90 valence electrons. The molecule has 0 saturated heterocycles. The van der Waals surface area contributed by atoms with E-state index >= 15 is 0 Å². The molecule has 1 rings (SSSR count). The summed E-state index contributed by atoms with van der Waals surface area (Å²) in [6.07, 6.45) is 1.04. The second-order valence-electron chi connectivity index (χ2n) is 3.55. The van der Waals surface area contributed by atoms with E-state index < -0.39 is 0 Å². The lowest BCUT2D eigenvalue weighted by atomic mass is 10.3. The molecule has 2 N–H and O–H groups in total. The molecule has 1 aromatic rings. The zero-order chi connectivity index (χ0) is 12.0. The first-order valence-electron chi connectivity index (χ1n) is 5.51. The fourth-order valence-electron chi connectivity index (χ4n) is 1.30. The third-order valence-corrected chi connectivity index (χ3v) is 2.09. The van der Waals surface area contributed by atoms with Gasteiger partial charge in [-0.3, -0.25) is 0 Å². The number of anilines is 1. The number of aliphatic hydroxyl groups is 1. The number of hydrogen-bond donors (Lipinski definition) is 2. The van der Waals surface area contributed by atoms with Crippen LogP contribution in [0.1, 0.15) is 24.7 Å². The summed E-state index contributed by atoms with van der Waals surface area (Å²) in [6.45, 7) is 6.94. The predicted molar refractivity (Wildman–Crippen MR) is 62.9 cm³/mol. The normalized spacial score (nSPS) is 10.2. The van der Waals surface area contributed by atoms with E-state index in [0.29, 0.717) is 11.7 Å². The Bertz CT molecular complexity index is 313. The fourth-order valence-corrected chi connectivity index (χ4v) is 1.30. The molecule has 1 heterocycles. The van der Waals surface area contributed by atoms with Crippen molar-refractivity contribution in [2.24, 2.45) is 0 Å². The molecule has 0 bridgehead atoms. The van der Waals surface area contributed by atoms with Crippen LogP contribution >= 0.6 is 0 Å². The van der Waals surface area contributed by atoms with E-state index in [9.17, 15) is 0 Å². The van der Waals surface area contributed by atoms with Crippen LogP contribution in [0, 0.1) is 13.8 Å². The average Bonchev–Trinajstić information content (AvgIpc) is 2.28. The smallest absolute Gasteiger partial charge is 0.221 e. The topological polar surface area (TPSA) is 67.3 Å². The molecule has 0 aliphatic carbocycles. The monoisotopic (exact) mass is 225 g/mol. The lowest BCUT2D eigenvalue weighted by Crippen LogP contribution is -2.10. The van der Waals surface area contributed by atoms with Gasteiger partial charge in [0, 0.05) is 6.54 Å². The highest BCUT2D eigenvalue weighted by Crippen LogP contribution is 2.21. The van der Waals surface area contributed by atoms with Crippen LogP contribution in [0.3, 0.4) is 0 Å². The van der Waals surface area contributed by atoms with E-state index in [4.69, 9.17) is 9.84 Å². The van der Waals surface area contributed by atoms with E-state index in [1.54, 1.807) is 0 Å². The van der Waals surface area contributed by atoms with Crippen molar-refractivity contribution in [3.63, 3.8) is 0 Å². The molecule has 1 aromatic heterocycles. The first kappa shape index (κ1) is 12.7. The van der Waals surface area contributed by atoms with Crippen molar-refractivity contribution >= 4 is 5.82 Å². The van der Waals surface area contributed by atoms with E-state index in [-0.39, 0.29) is 13.2 Å². The number of aryl methyl sites for hydroxylation is 1. The van der Waals surface area contributed by atoms with E-state index in [2.05, 4.69) is 22.2 Å². The van der Waals surface area contributed by atoms with Crippen LogP contribution in [0.25, 0.3) is 0 Å². The van der Waals surface area contributed by atoms with Gasteiger partial charge in [0.25, 0.3) is 0 Å². The average molecular weight is 225 g/mol. The molecular formula is C11H19N3O2. The van der Waals surface area contributed by atoms with Gasteiger partial charge in [0.2, 0.25) is 5.88 Å². The van der Waals surface area contributed by atoms with Gasteiger partial charge in [-0.15, -0.1) is 0 Å². The quantitative estimate of drug-likeness (QED) is 0.763. The number of hydrogen-bond acceptors (Lipinski definition) is 5. The van der Waals surface area contributed by atoms with Crippen molar-refractivity contribution in [2.45, 2.75) is 27.2 Å². The molecule has 0 fully saturated rings. The molecule has 5 heteroatoms. The van der Waals surface area contributed by atoms with Crippen LogP contribution in [0.2, 0.25) is 0 Å². The molecule has 0 spiro atoms. The number of ether oxygens (including phenoxy) is 1. The van der Waals surface area contributed by atoms with Crippen LogP contribution in [0.15, 0.2) is 0 Å². The fraction of sp³-hybridized carbons (Fsp3) is 0.636. The lowest BCUT2D eigenvalue weighted by Gasteiger charge is -2.12. The summed E-state index contributed by atoms with van der Waals surface area (Å²) in [6, 6.07) is 0. The van der Waals surface area contributed by atoms with Crippen LogP contribution in [0.4, 0.5) is 5.82 Å². The van der Waals surface area contributed by atoms with Crippen molar-refractivity contribution in [1.29, 1.82) is 0 Å². The summed E-state index contributed by atoms with van der Waals surface area (Å²) in [5.41, 5.74) is 0.882. The Morgan fingerprint density at radius 3 is 2.69 bits per heavy atom. The van der Waals surface area contributed by atoms with Crippen molar-refractivity contribution in [1.82, 2.24) is 9.97 Å². The van der Waals surface area contributed by atoms with Crippen molar-refractivity contribution in [3.8, 4) is 5.88 Å². The minimum absolute atomic E-state index is 0.0137. The zero-order valence-corrected chi connectivity index (χ0v) is 10.1. The molecule has 0 aliphatic heterocycles. The Morgan fingerprint density at radius 1 is 1.31 bits per heavy atom. The second kappa shape index (κ2) is 6.27. The zero-order valence-electron chi connectivity index (χ0n) is 10.1. The first-order chi connectivity index (χ1) is 7.69. The molecule has 0 aromatic carbocycles. The van der Waals surface area contributed by atoms with Gasteiger partial charge in [-0.2, -0.15) is 4.98 Å². The van der Waals surface area contributed by atoms with Crippen molar-refractivity contribution in [2.75, 3.05) is 25.1 Å². The van der Waals surface area contributed by atoms with Gasteiger partial charge in [-0.25, -0.2) is 4.98 Å². The van der Waals surface area contributed by atoms with Crippen molar-refractivity contribution in [3.05, 3.63) is 11.4 Å². The van der Waals surface area contributed by atoms with Gasteiger partial charge >= 0.3 is 0 Å². The number of rotatable bonds is 6. The Balaban J connectivity index is 2.86. The Morgan fingerprint density at radius 2 is 2.06 bits per heavy atom. The van der Waals surface area contributed by atoms with Gasteiger partial charge in [-0.1, -0.05) is 6.92 Å². The number of aliphatic hydroxyl groups excluding tert-OH is 1. The molecule has 0 atom stereocenters. The molecule has 0 unspecified atom stereocenters. The molecule has 16 heavy (non-hydrogen) atoms. The van der Waals surface area contributed by atoms with E-state index in [1.807, 2.05) is 13.8 Å². The number of aromatic nitrogens is 2. The lowest BCUT2D eigenvalue weighted by molar-refractivity contribution is 0.195. The standard InChI is InChI=1S/C11H19N3O2/c1-4-5-12-10-8(2)11(16-7-6-15)14-9(3)13-10/h15H,4-7H2,1-3H3,(H,12,13,14). The third kappa shape index (κ3) is 3.34. The minimum Gasteiger partial charge on any atom is -0.475 e. The molecule has 0 radical (unpaired) electrons. The summed E-state index contributed by atoms with van der Waals surface area (Å²) in [5, 5.41) is 11.9. The molecular weight excluding hydrogens is 206 g/mol. The van der Waals surface area contributed by atoms with Gasteiger partial charge in [0.15, 0.2) is 0 Å². The summed E-state index contributed by atoms with van der Waals surface area (Å²) in [4.78, 5) is 8.51. The Labute approximate surface area is 95.9 Å². The van der Waals surface area contributed by atoms with Crippen molar-refractivity contribution < 1.29 is 9.84 Å². The summed E-state index contributed by atoms with van der Waals surface area (Å²) >= 11 is 0. The maximum atomic E-state index is 8.71. The Kier molecular flexibility index (Phi) is 4.98. The second-order valence-corrected chi connectivity index (χ2v) is 3.55.